The lowest BCUT2D eigenvalue weighted by Gasteiger charge is -2.52. The van der Waals surface area contributed by atoms with Crippen molar-refractivity contribution in [2.75, 3.05) is 0 Å². The first-order valence-electron chi connectivity index (χ1n) is 12.3. The predicted octanol–water partition coefficient (Wildman–Crippen LogP) is 4.04. The summed E-state index contributed by atoms with van der Waals surface area (Å²) in [6.45, 7) is 2.99. The third-order valence-electron chi connectivity index (χ3n) is 7.48. The van der Waals surface area contributed by atoms with Gasteiger partial charge in [0.2, 0.25) is 10.0 Å². The van der Waals surface area contributed by atoms with Crippen LogP contribution in [0.15, 0.2) is 47.8 Å². The lowest BCUT2D eigenvalue weighted by atomic mass is 9.62. The highest BCUT2D eigenvalue weighted by Gasteiger charge is 2.54. The first-order chi connectivity index (χ1) is 17.9. The lowest BCUT2D eigenvalue weighted by molar-refractivity contribution is -0.0863. The molecule has 2 heterocycles. The maximum Gasteiger partial charge on any atom is 0.273 e. The van der Waals surface area contributed by atoms with E-state index in [1.54, 1.807) is 38.1 Å². The minimum atomic E-state index is -3.84. The summed E-state index contributed by atoms with van der Waals surface area (Å²) in [5.41, 5.74) is -2.05. The standard InChI is InChI=1S/C26H28F2N4O4S2/c1-16-8-9-23(17-6-4-3-5-7-17)38(35,36)32(16)12-18-10-21(28)19(11-20(18)27)26(14-25(2,34)15-26)29-24(33)22-13-37-31-30-22/h3-7,10-11,13,16,23,34H,8-9,12,14-15H2,1-2H3,(H,29,33). The van der Waals surface area contributed by atoms with Crippen molar-refractivity contribution in [2.24, 2.45) is 0 Å². The number of aliphatic hydroxyl groups is 1. The number of nitrogens with one attached hydrogen (secondary N) is 1. The molecule has 0 bridgehead atoms. The Morgan fingerprint density at radius 3 is 2.53 bits per heavy atom. The van der Waals surface area contributed by atoms with Gasteiger partial charge in [-0.1, -0.05) is 34.8 Å². The summed E-state index contributed by atoms with van der Waals surface area (Å²) in [7, 11) is -3.84. The van der Waals surface area contributed by atoms with Crippen LogP contribution in [-0.2, 0) is 22.1 Å². The molecular weight excluding hydrogens is 534 g/mol. The Labute approximate surface area is 223 Å². The molecule has 1 amide bonds. The van der Waals surface area contributed by atoms with Gasteiger partial charge < -0.3 is 10.4 Å². The number of hydrogen-bond acceptors (Lipinski definition) is 7. The summed E-state index contributed by atoms with van der Waals surface area (Å²) in [5, 5.41) is 17.5. The zero-order valence-electron chi connectivity index (χ0n) is 20.9. The Balaban J connectivity index is 1.45. The first-order valence-corrected chi connectivity index (χ1v) is 14.6. The molecular formula is C26H28F2N4O4S2. The van der Waals surface area contributed by atoms with Crippen molar-refractivity contribution in [1.82, 2.24) is 19.2 Å². The fourth-order valence-electron chi connectivity index (χ4n) is 5.74. The second-order valence-electron chi connectivity index (χ2n) is 10.5. The third kappa shape index (κ3) is 4.86. The van der Waals surface area contributed by atoms with Crippen LogP contribution in [0.2, 0.25) is 0 Å². The number of nitrogens with zero attached hydrogens (tertiary/aromatic N) is 3. The molecule has 8 nitrogen and oxygen atoms in total. The summed E-state index contributed by atoms with van der Waals surface area (Å²) in [5.74, 6) is -2.20. The van der Waals surface area contributed by atoms with Gasteiger partial charge in [-0.3, -0.25) is 4.79 Å². The molecule has 5 rings (SSSR count). The molecule has 12 heteroatoms. The van der Waals surface area contributed by atoms with Gasteiger partial charge in [0.25, 0.3) is 5.91 Å². The molecule has 1 aliphatic carbocycles. The van der Waals surface area contributed by atoms with E-state index in [4.69, 9.17) is 0 Å². The highest BCUT2D eigenvalue weighted by molar-refractivity contribution is 7.89. The van der Waals surface area contributed by atoms with Crippen LogP contribution in [0.4, 0.5) is 8.78 Å². The van der Waals surface area contributed by atoms with Crippen LogP contribution in [-0.4, -0.2) is 45.0 Å². The van der Waals surface area contributed by atoms with Gasteiger partial charge in [0, 0.05) is 41.9 Å². The van der Waals surface area contributed by atoms with Crippen LogP contribution in [0.5, 0.6) is 0 Å². The Bertz CT molecular complexity index is 1440. The second-order valence-corrected chi connectivity index (χ2v) is 13.2. The van der Waals surface area contributed by atoms with Crippen molar-refractivity contribution in [2.45, 2.75) is 68.5 Å². The number of hydrogen-bond donors (Lipinski definition) is 2. The van der Waals surface area contributed by atoms with Gasteiger partial charge in [-0.2, -0.15) is 4.31 Å². The summed E-state index contributed by atoms with van der Waals surface area (Å²) >= 11 is 0.979. The quantitative estimate of drug-likeness (QED) is 0.469. The predicted molar refractivity (Wildman–Crippen MR) is 138 cm³/mol. The topological polar surface area (TPSA) is 112 Å². The van der Waals surface area contributed by atoms with Crippen molar-refractivity contribution in [3.63, 3.8) is 0 Å². The molecule has 1 saturated carbocycles. The molecule has 2 N–H and O–H groups in total. The molecule has 2 aromatic carbocycles. The van der Waals surface area contributed by atoms with Crippen molar-refractivity contribution in [3.8, 4) is 0 Å². The molecule has 1 aromatic heterocycles. The fourth-order valence-corrected chi connectivity index (χ4v) is 8.36. The molecule has 0 spiro atoms. The van der Waals surface area contributed by atoms with E-state index >= 15 is 8.78 Å². The number of sulfonamides is 1. The van der Waals surface area contributed by atoms with E-state index in [2.05, 4.69) is 14.9 Å². The van der Waals surface area contributed by atoms with E-state index in [-0.39, 0.29) is 42.2 Å². The van der Waals surface area contributed by atoms with Crippen LogP contribution in [0.1, 0.15) is 72.0 Å². The van der Waals surface area contributed by atoms with E-state index in [1.807, 2.05) is 6.07 Å². The van der Waals surface area contributed by atoms with Gasteiger partial charge in [0.05, 0.1) is 11.1 Å². The minimum absolute atomic E-state index is 0.0324. The monoisotopic (exact) mass is 562 g/mol. The molecule has 2 aliphatic rings. The average Bonchev–Trinajstić information content (AvgIpc) is 3.38. The smallest absolute Gasteiger partial charge is 0.273 e. The SMILES string of the molecule is CC1CCC(c2ccccc2)S(=O)(=O)N1Cc1cc(F)c(C2(NC(=O)c3csnn3)CC(C)(O)C2)cc1F. The molecule has 1 saturated heterocycles. The van der Waals surface area contributed by atoms with E-state index in [0.717, 1.165) is 23.7 Å². The summed E-state index contributed by atoms with van der Waals surface area (Å²) < 4.78 is 63.0. The molecule has 2 unspecified atom stereocenters. The highest BCUT2D eigenvalue weighted by atomic mass is 32.2. The molecule has 1 aliphatic heterocycles. The van der Waals surface area contributed by atoms with Crippen molar-refractivity contribution < 1.29 is 27.1 Å². The van der Waals surface area contributed by atoms with Crippen LogP contribution < -0.4 is 5.32 Å². The summed E-state index contributed by atoms with van der Waals surface area (Å²) in [4.78, 5) is 12.7. The van der Waals surface area contributed by atoms with Gasteiger partial charge in [0.15, 0.2) is 5.69 Å². The molecule has 2 atom stereocenters. The van der Waals surface area contributed by atoms with Crippen molar-refractivity contribution >= 4 is 27.5 Å². The maximum absolute atomic E-state index is 15.6. The van der Waals surface area contributed by atoms with Crippen LogP contribution >= 0.6 is 11.5 Å². The van der Waals surface area contributed by atoms with Crippen LogP contribution in [0, 0.1) is 11.6 Å². The minimum Gasteiger partial charge on any atom is -0.390 e. The largest absolute Gasteiger partial charge is 0.390 e. The Hall–Kier alpha value is -2.80. The zero-order valence-corrected chi connectivity index (χ0v) is 22.5. The third-order valence-corrected chi connectivity index (χ3v) is 10.4. The number of benzene rings is 2. The highest BCUT2D eigenvalue weighted by Crippen LogP contribution is 2.49. The second kappa shape index (κ2) is 9.74. The number of rotatable bonds is 6. The average molecular weight is 563 g/mol. The number of carbonyl (C=O) groups excluding carboxylic acids is 1. The molecule has 38 heavy (non-hydrogen) atoms. The Kier molecular flexibility index (Phi) is 6.87. The van der Waals surface area contributed by atoms with Crippen molar-refractivity contribution in [3.05, 3.63) is 81.9 Å². The molecule has 3 aromatic rings. The maximum atomic E-state index is 15.6. The number of amides is 1. The lowest BCUT2D eigenvalue weighted by Crippen LogP contribution is -2.62. The van der Waals surface area contributed by atoms with Crippen LogP contribution in [0.3, 0.4) is 0 Å². The van der Waals surface area contributed by atoms with E-state index in [9.17, 15) is 18.3 Å². The first kappa shape index (κ1) is 26.8. The van der Waals surface area contributed by atoms with E-state index < -0.39 is 44.0 Å². The molecule has 0 radical (unpaired) electrons. The Morgan fingerprint density at radius 1 is 1.18 bits per heavy atom. The van der Waals surface area contributed by atoms with Crippen LogP contribution in [0.25, 0.3) is 0 Å². The van der Waals surface area contributed by atoms with E-state index in [1.165, 1.54) is 9.69 Å². The van der Waals surface area contributed by atoms with E-state index in [0.29, 0.717) is 18.4 Å². The zero-order chi connectivity index (χ0) is 27.3. The van der Waals surface area contributed by atoms with Gasteiger partial charge >= 0.3 is 0 Å². The summed E-state index contributed by atoms with van der Waals surface area (Å²) in [6.07, 6.45) is 0.956. The molecule has 2 fully saturated rings. The number of carbonyl (C=O) groups is 1. The van der Waals surface area contributed by atoms with Gasteiger partial charge in [-0.25, -0.2) is 17.2 Å². The fraction of sp³-hybridized carbons (Fsp3) is 0.423. The normalized spacial score (nSPS) is 29.0. The van der Waals surface area contributed by atoms with Crippen molar-refractivity contribution in [1.29, 1.82) is 0 Å². The molecule has 202 valence electrons. The van der Waals surface area contributed by atoms with Gasteiger partial charge in [-0.05, 0) is 55.9 Å². The number of halogens is 2. The summed E-state index contributed by atoms with van der Waals surface area (Å²) in [6, 6.07) is 10.5. The van der Waals surface area contributed by atoms with Gasteiger partial charge in [-0.15, -0.1) is 5.10 Å². The number of aromatic nitrogens is 2. The Morgan fingerprint density at radius 2 is 1.89 bits per heavy atom. The van der Waals surface area contributed by atoms with Gasteiger partial charge in [0.1, 0.15) is 16.9 Å².